The van der Waals surface area contributed by atoms with E-state index in [-0.39, 0.29) is 30.8 Å². The molecule has 158 valence electrons. The van der Waals surface area contributed by atoms with Crippen LogP contribution in [-0.2, 0) is 4.74 Å². The fourth-order valence-corrected chi connectivity index (χ4v) is 3.00. The number of rotatable bonds is 8. The van der Waals surface area contributed by atoms with Crippen molar-refractivity contribution in [3.8, 4) is 17.2 Å². The maximum atomic E-state index is 5.78. The van der Waals surface area contributed by atoms with E-state index in [0.29, 0.717) is 19.2 Å². The summed E-state index contributed by atoms with van der Waals surface area (Å²) in [5.74, 6) is 3.07. The summed E-state index contributed by atoms with van der Waals surface area (Å²) in [5, 5.41) is 6.59. The number of halogens is 1. The van der Waals surface area contributed by atoms with E-state index in [1.807, 2.05) is 18.2 Å². The Kier molecular flexibility index (Phi) is 9.93. The molecule has 1 aromatic rings. The highest BCUT2D eigenvalue weighted by atomic mass is 127. The second-order valence-corrected chi connectivity index (χ2v) is 6.51. The SMILES string of the molecule is CCNC(=NCC(C)N1CCOCC1)NCCOc1ccc2c(c1)OCO2.I. The van der Waals surface area contributed by atoms with Gasteiger partial charge in [-0.15, -0.1) is 24.0 Å². The molecular weight excluding hydrogens is 475 g/mol. The first-order valence-electron chi connectivity index (χ1n) is 9.62. The summed E-state index contributed by atoms with van der Waals surface area (Å²) in [7, 11) is 0. The van der Waals surface area contributed by atoms with Gasteiger partial charge in [-0.1, -0.05) is 0 Å². The number of hydrogen-bond donors (Lipinski definition) is 2. The second kappa shape index (κ2) is 12.2. The monoisotopic (exact) mass is 506 g/mol. The maximum absolute atomic E-state index is 5.78. The summed E-state index contributed by atoms with van der Waals surface area (Å²) in [6.07, 6.45) is 0. The molecule has 2 aliphatic heterocycles. The minimum Gasteiger partial charge on any atom is -0.492 e. The quantitative estimate of drug-likeness (QED) is 0.241. The van der Waals surface area contributed by atoms with Crippen LogP contribution in [0.15, 0.2) is 23.2 Å². The van der Waals surface area contributed by atoms with Crippen LogP contribution in [0.1, 0.15) is 13.8 Å². The van der Waals surface area contributed by atoms with Gasteiger partial charge in [-0.2, -0.15) is 0 Å². The lowest BCUT2D eigenvalue weighted by Crippen LogP contribution is -2.44. The van der Waals surface area contributed by atoms with E-state index in [9.17, 15) is 0 Å². The molecule has 2 heterocycles. The lowest BCUT2D eigenvalue weighted by Gasteiger charge is -2.31. The third kappa shape index (κ3) is 6.85. The van der Waals surface area contributed by atoms with Crippen molar-refractivity contribution in [1.82, 2.24) is 15.5 Å². The standard InChI is InChI=1S/C19H30N4O4.HI/c1-3-20-19(22-13-15(2)23-7-10-24-11-8-23)21-6-9-25-16-4-5-17-18(12-16)27-14-26-17;/h4-5,12,15H,3,6-11,13-14H2,1-2H3,(H2,20,21,22);1H. The molecule has 2 N–H and O–H groups in total. The van der Waals surface area contributed by atoms with Crippen LogP contribution in [0.3, 0.4) is 0 Å². The van der Waals surface area contributed by atoms with E-state index in [1.165, 1.54) is 0 Å². The van der Waals surface area contributed by atoms with Crippen LogP contribution in [-0.4, -0.2) is 76.2 Å². The van der Waals surface area contributed by atoms with Gasteiger partial charge in [0.2, 0.25) is 6.79 Å². The zero-order valence-corrected chi connectivity index (χ0v) is 18.9. The van der Waals surface area contributed by atoms with Gasteiger partial charge in [0.05, 0.1) is 26.3 Å². The summed E-state index contributed by atoms with van der Waals surface area (Å²) < 4.78 is 21.9. The van der Waals surface area contributed by atoms with Crippen LogP contribution < -0.4 is 24.8 Å². The van der Waals surface area contributed by atoms with E-state index in [0.717, 1.165) is 62.6 Å². The molecule has 0 radical (unpaired) electrons. The largest absolute Gasteiger partial charge is 0.492 e. The fourth-order valence-electron chi connectivity index (χ4n) is 3.00. The van der Waals surface area contributed by atoms with Crippen LogP contribution in [0.2, 0.25) is 0 Å². The Morgan fingerprint density at radius 3 is 2.79 bits per heavy atom. The number of hydrogen-bond acceptors (Lipinski definition) is 6. The minimum absolute atomic E-state index is 0. The van der Waals surface area contributed by atoms with Crippen LogP contribution in [0.25, 0.3) is 0 Å². The zero-order chi connectivity index (χ0) is 18.9. The van der Waals surface area contributed by atoms with Crippen molar-refractivity contribution in [3.63, 3.8) is 0 Å². The van der Waals surface area contributed by atoms with Gasteiger partial charge in [0.25, 0.3) is 0 Å². The third-order valence-corrected chi connectivity index (χ3v) is 4.53. The summed E-state index contributed by atoms with van der Waals surface area (Å²) in [4.78, 5) is 7.12. The lowest BCUT2D eigenvalue weighted by molar-refractivity contribution is 0.0220. The van der Waals surface area contributed by atoms with Gasteiger partial charge < -0.3 is 29.6 Å². The number of nitrogens with one attached hydrogen (secondary N) is 2. The van der Waals surface area contributed by atoms with Gasteiger partial charge in [-0.05, 0) is 26.0 Å². The predicted molar refractivity (Wildman–Crippen MR) is 119 cm³/mol. The molecule has 1 atom stereocenters. The fraction of sp³-hybridized carbons (Fsp3) is 0.632. The first-order chi connectivity index (χ1) is 13.3. The molecule has 2 aliphatic rings. The van der Waals surface area contributed by atoms with Crippen molar-refractivity contribution >= 4 is 29.9 Å². The van der Waals surface area contributed by atoms with E-state index in [4.69, 9.17) is 23.9 Å². The molecule has 0 amide bonds. The lowest BCUT2D eigenvalue weighted by atomic mass is 10.2. The molecule has 8 nitrogen and oxygen atoms in total. The van der Waals surface area contributed by atoms with Crippen LogP contribution >= 0.6 is 24.0 Å². The molecule has 0 spiro atoms. The highest BCUT2D eigenvalue weighted by Gasteiger charge is 2.16. The Labute approximate surface area is 184 Å². The molecule has 1 unspecified atom stereocenters. The molecule has 0 aliphatic carbocycles. The molecule has 0 bridgehead atoms. The number of benzene rings is 1. The number of guanidine groups is 1. The van der Waals surface area contributed by atoms with E-state index in [1.54, 1.807) is 0 Å². The molecule has 3 rings (SSSR count). The van der Waals surface area contributed by atoms with Gasteiger partial charge in [0.1, 0.15) is 12.4 Å². The normalized spacial score (nSPS) is 17.6. The van der Waals surface area contributed by atoms with Gasteiger partial charge in [-0.25, -0.2) is 0 Å². The van der Waals surface area contributed by atoms with Crippen LogP contribution in [0.5, 0.6) is 17.2 Å². The van der Waals surface area contributed by atoms with E-state index >= 15 is 0 Å². The van der Waals surface area contributed by atoms with Gasteiger partial charge in [-0.3, -0.25) is 9.89 Å². The van der Waals surface area contributed by atoms with E-state index in [2.05, 4.69) is 29.4 Å². The van der Waals surface area contributed by atoms with Crippen LogP contribution in [0.4, 0.5) is 0 Å². The molecule has 28 heavy (non-hydrogen) atoms. The average molecular weight is 506 g/mol. The number of morpholine rings is 1. The smallest absolute Gasteiger partial charge is 0.231 e. The molecule has 1 aromatic carbocycles. The average Bonchev–Trinajstić information content (AvgIpc) is 3.17. The Morgan fingerprint density at radius 2 is 2.00 bits per heavy atom. The first-order valence-corrected chi connectivity index (χ1v) is 9.62. The molecule has 0 aromatic heterocycles. The summed E-state index contributed by atoms with van der Waals surface area (Å²) in [6, 6.07) is 6.00. The summed E-state index contributed by atoms with van der Waals surface area (Å²) in [6.45, 7) is 10.9. The number of fused-ring (bicyclic) bond motifs is 1. The summed E-state index contributed by atoms with van der Waals surface area (Å²) >= 11 is 0. The highest BCUT2D eigenvalue weighted by molar-refractivity contribution is 14.0. The Bertz CT molecular complexity index is 626. The van der Waals surface area contributed by atoms with Crippen molar-refractivity contribution in [2.75, 3.05) is 59.3 Å². The van der Waals surface area contributed by atoms with Crippen molar-refractivity contribution in [3.05, 3.63) is 18.2 Å². The Hall–Kier alpha value is -1.46. The zero-order valence-electron chi connectivity index (χ0n) is 16.6. The highest BCUT2D eigenvalue weighted by Crippen LogP contribution is 2.34. The van der Waals surface area contributed by atoms with Gasteiger partial charge in [0, 0.05) is 31.7 Å². The second-order valence-electron chi connectivity index (χ2n) is 6.51. The molecule has 0 saturated carbocycles. The number of aliphatic imine (C=N–C) groups is 1. The van der Waals surface area contributed by atoms with Crippen molar-refractivity contribution in [2.45, 2.75) is 19.9 Å². The van der Waals surface area contributed by atoms with Gasteiger partial charge >= 0.3 is 0 Å². The molecular formula is C19H31IN4O4. The summed E-state index contributed by atoms with van der Waals surface area (Å²) in [5.41, 5.74) is 0. The molecule has 9 heteroatoms. The molecule has 1 fully saturated rings. The third-order valence-electron chi connectivity index (χ3n) is 4.53. The van der Waals surface area contributed by atoms with E-state index < -0.39 is 0 Å². The Balaban J connectivity index is 0.00000280. The van der Waals surface area contributed by atoms with Crippen molar-refractivity contribution < 1.29 is 18.9 Å². The van der Waals surface area contributed by atoms with Crippen LogP contribution in [0, 0.1) is 0 Å². The number of ether oxygens (including phenoxy) is 4. The maximum Gasteiger partial charge on any atom is 0.231 e. The Morgan fingerprint density at radius 1 is 1.21 bits per heavy atom. The predicted octanol–water partition coefficient (Wildman–Crippen LogP) is 1.69. The first kappa shape index (κ1) is 22.8. The number of nitrogens with zero attached hydrogens (tertiary/aromatic N) is 2. The van der Waals surface area contributed by atoms with Gasteiger partial charge in [0.15, 0.2) is 17.5 Å². The topological polar surface area (TPSA) is 76.6 Å². The van der Waals surface area contributed by atoms with Crippen molar-refractivity contribution in [1.29, 1.82) is 0 Å². The minimum atomic E-state index is 0. The molecule has 1 saturated heterocycles. The van der Waals surface area contributed by atoms with Crippen molar-refractivity contribution in [2.24, 2.45) is 4.99 Å².